The first-order chi connectivity index (χ1) is 29.0. The fourth-order valence-corrected chi connectivity index (χ4v) is 9.13. The third kappa shape index (κ3) is 8.04. The van der Waals surface area contributed by atoms with Crippen LogP contribution in [0.5, 0.6) is 17.4 Å². The summed E-state index contributed by atoms with van der Waals surface area (Å²) in [4.78, 5) is 37.8. The first-order valence-electron chi connectivity index (χ1n) is 20.0. The lowest BCUT2D eigenvalue weighted by Gasteiger charge is -2.48. The van der Waals surface area contributed by atoms with Gasteiger partial charge in [-0.05, 0) is 95.2 Å². The summed E-state index contributed by atoms with van der Waals surface area (Å²) in [6, 6.07) is 14.8. The van der Waals surface area contributed by atoms with E-state index < -0.39 is 52.7 Å². The maximum Gasteiger partial charge on any atom is 0.418 e. The molecule has 0 unspecified atom stereocenters. The van der Waals surface area contributed by atoms with Crippen molar-refractivity contribution in [3.05, 3.63) is 82.8 Å². The van der Waals surface area contributed by atoms with Crippen LogP contribution in [0, 0.1) is 12.7 Å². The number of piperazine rings is 1. The van der Waals surface area contributed by atoms with Crippen LogP contribution in [0.3, 0.4) is 0 Å². The van der Waals surface area contributed by atoms with E-state index >= 15 is 17.6 Å². The van der Waals surface area contributed by atoms with E-state index in [1.54, 1.807) is 49.6 Å². The summed E-state index contributed by atoms with van der Waals surface area (Å²) in [5, 5.41) is 0.367. The van der Waals surface area contributed by atoms with Crippen molar-refractivity contribution in [3.8, 4) is 28.6 Å². The number of thioether (sulfide) groups is 1. The molecule has 1 amide bonds. The van der Waals surface area contributed by atoms with E-state index in [2.05, 4.69) is 15.0 Å². The highest BCUT2D eigenvalue weighted by Gasteiger charge is 2.54. The number of anilines is 2. The number of benzene rings is 2. The van der Waals surface area contributed by atoms with Crippen LogP contribution in [0.2, 0.25) is 0 Å². The number of rotatable bonds is 9. The van der Waals surface area contributed by atoms with E-state index in [0.717, 1.165) is 11.1 Å². The molecule has 8 rings (SSSR count). The largest absolute Gasteiger partial charge is 0.497 e. The number of halogens is 4. The Morgan fingerprint density at radius 1 is 0.934 bits per heavy atom. The number of aromatic nitrogens is 4. The van der Waals surface area contributed by atoms with Crippen LogP contribution in [0.1, 0.15) is 62.9 Å². The van der Waals surface area contributed by atoms with E-state index in [4.69, 9.17) is 23.9 Å². The van der Waals surface area contributed by atoms with Crippen LogP contribution < -0.4 is 24.0 Å². The highest BCUT2D eigenvalue weighted by atomic mass is 32.2. The zero-order valence-electron chi connectivity index (χ0n) is 35.1. The van der Waals surface area contributed by atoms with Gasteiger partial charge in [-0.2, -0.15) is 13.2 Å². The number of carbonyl (C=O) groups excluding carboxylic acids is 1. The number of carbonyl (C=O) groups is 1. The van der Waals surface area contributed by atoms with Crippen molar-refractivity contribution in [2.24, 2.45) is 0 Å². The molecule has 322 valence electrons. The van der Waals surface area contributed by atoms with Crippen molar-refractivity contribution >= 4 is 40.4 Å². The number of hydrogen-bond acceptors (Lipinski definition) is 12. The molecule has 0 saturated carbocycles. The third-order valence-corrected chi connectivity index (χ3v) is 11.9. The van der Waals surface area contributed by atoms with Crippen molar-refractivity contribution in [1.82, 2.24) is 24.8 Å². The molecule has 6 heterocycles. The summed E-state index contributed by atoms with van der Waals surface area (Å²) in [5.41, 5.74) is -1.87. The molecule has 2 aromatic carbocycles. The summed E-state index contributed by atoms with van der Waals surface area (Å²) in [5.74, 6) is 0.647. The fourth-order valence-electron chi connectivity index (χ4n) is 8.77. The Morgan fingerprint density at radius 2 is 1.56 bits per heavy atom. The first-order valence-corrected chi connectivity index (χ1v) is 21.2. The van der Waals surface area contributed by atoms with Crippen molar-refractivity contribution in [3.63, 3.8) is 0 Å². The Hall–Kier alpha value is -5.58. The van der Waals surface area contributed by atoms with E-state index in [0.29, 0.717) is 36.7 Å². The molecule has 0 aliphatic carbocycles. The Bertz CT molecular complexity index is 2420. The minimum absolute atomic E-state index is 0.104. The molecule has 12 nitrogen and oxygen atoms in total. The van der Waals surface area contributed by atoms with E-state index in [1.807, 2.05) is 61.8 Å². The molecule has 2 bridgehead atoms. The molecule has 4 atom stereocenters. The Labute approximate surface area is 355 Å². The van der Waals surface area contributed by atoms with Gasteiger partial charge in [0.05, 0.1) is 43.6 Å². The Morgan fingerprint density at radius 3 is 2.11 bits per heavy atom. The molecule has 3 aliphatic rings. The average Bonchev–Trinajstić information content (AvgIpc) is 3.46. The SMILES string of the molecule is COc1ccc(CN(Cc2ccc(OC)cc2)c2cc(-c3nc4c5c(nc(SC)nc5c3F)N3C[C@H]5CC[C@@H]([C@H]3[C@H](C)O4)N5C(=O)OC(C)(C)C)c(C(F)(F)F)c(C)n2)cc1. The maximum atomic E-state index is 17.5. The number of alkyl halides is 3. The van der Waals surface area contributed by atoms with Crippen molar-refractivity contribution in [1.29, 1.82) is 0 Å². The monoisotopic (exact) mass is 861 g/mol. The van der Waals surface area contributed by atoms with Gasteiger partial charge in [0, 0.05) is 25.2 Å². The molecule has 61 heavy (non-hydrogen) atoms. The van der Waals surface area contributed by atoms with Gasteiger partial charge in [-0.1, -0.05) is 36.0 Å². The van der Waals surface area contributed by atoms with E-state index in [1.165, 1.54) is 24.8 Å². The molecule has 0 N–H and O–H groups in total. The molecular formula is C44H47F4N7O5S. The lowest BCUT2D eigenvalue weighted by Crippen LogP contribution is -2.65. The summed E-state index contributed by atoms with van der Waals surface area (Å²) in [6.07, 6.45) is -2.94. The number of hydrogen-bond donors (Lipinski definition) is 0. The van der Waals surface area contributed by atoms with Gasteiger partial charge in [-0.15, -0.1) is 0 Å². The van der Waals surface area contributed by atoms with Gasteiger partial charge in [0.25, 0.3) is 0 Å². The van der Waals surface area contributed by atoms with Crippen LogP contribution in [-0.2, 0) is 24.0 Å². The lowest BCUT2D eigenvalue weighted by atomic mass is 9.98. The minimum Gasteiger partial charge on any atom is -0.497 e. The van der Waals surface area contributed by atoms with Crippen molar-refractivity contribution in [2.45, 2.75) is 102 Å². The zero-order chi connectivity index (χ0) is 43.5. The van der Waals surface area contributed by atoms with Gasteiger partial charge in [0.2, 0.25) is 5.88 Å². The van der Waals surface area contributed by atoms with Crippen LogP contribution in [0.4, 0.5) is 34.0 Å². The second-order valence-electron chi connectivity index (χ2n) is 16.5. The molecule has 0 radical (unpaired) electrons. The topological polar surface area (TPSA) is 115 Å². The van der Waals surface area contributed by atoms with Gasteiger partial charge in [0.15, 0.2) is 11.0 Å². The van der Waals surface area contributed by atoms with Crippen LogP contribution >= 0.6 is 11.8 Å². The second-order valence-corrected chi connectivity index (χ2v) is 17.3. The molecule has 3 aromatic heterocycles. The fraction of sp³-hybridized carbons (Fsp3) is 0.432. The number of methoxy groups -OCH3 is 2. The van der Waals surface area contributed by atoms with Crippen LogP contribution in [0.25, 0.3) is 22.2 Å². The highest BCUT2D eigenvalue weighted by molar-refractivity contribution is 7.98. The lowest BCUT2D eigenvalue weighted by molar-refractivity contribution is -0.137. The number of ether oxygens (including phenoxy) is 4. The molecule has 0 spiro atoms. The van der Waals surface area contributed by atoms with Gasteiger partial charge < -0.3 is 28.7 Å². The zero-order valence-corrected chi connectivity index (χ0v) is 35.9. The summed E-state index contributed by atoms with van der Waals surface area (Å²) in [6.45, 7) is 9.34. The smallest absolute Gasteiger partial charge is 0.418 e. The summed E-state index contributed by atoms with van der Waals surface area (Å²) >= 11 is 1.18. The average molecular weight is 862 g/mol. The number of fused-ring (bicyclic) bond motifs is 5. The van der Waals surface area contributed by atoms with Gasteiger partial charge in [-0.25, -0.2) is 29.1 Å². The highest BCUT2D eigenvalue weighted by Crippen LogP contribution is 2.48. The summed E-state index contributed by atoms with van der Waals surface area (Å²) < 4.78 is 86.4. The Kier molecular flexibility index (Phi) is 11.1. The first kappa shape index (κ1) is 42.1. The van der Waals surface area contributed by atoms with Crippen LogP contribution in [-0.4, -0.2) is 87.8 Å². The van der Waals surface area contributed by atoms with Gasteiger partial charge in [-0.3, -0.25) is 4.90 Å². The van der Waals surface area contributed by atoms with Crippen molar-refractivity contribution < 1.29 is 41.3 Å². The quantitative estimate of drug-likeness (QED) is 0.0800. The third-order valence-electron chi connectivity index (χ3n) is 11.4. The number of amides is 1. The van der Waals surface area contributed by atoms with E-state index in [9.17, 15) is 4.79 Å². The Balaban J connectivity index is 1.28. The predicted octanol–water partition coefficient (Wildman–Crippen LogP) is 9.24. The van der Waals surface area contributed by atoms with Gasteiger partial charge >= 0.3 is 12.3 Å². The van der Waals surface area contributed by atoms with Gasteiger partial charge in [0.1, 0.15) is 51.4 Å². The molecule has 2 saturated heterocycles. The summed E-state index contributed by atoms with van der Waals surface area (Å²) in [7, 11) is 3.12. The minimum atomic E-state index is -4.95. The van der Waals surface area contributed by atoms with Crippen molar-refractivity contribution in [2.75, 3.05) is 36.8 Å². The molecule has 5 aromatic rings. The normalized spacial score (nSPS) is 19.6. The molecule has 3 aliphatic heterocycles. The number of aryl methyl sites for hydroxylation is 1. The molecular weight excluding hydrogens is 815 g/mol. The standard InChI is InChI=1S/C44H47F4N7O5S/c1-23-34(44(46,47)48)30(19-32(49-23)53(20-25-9-14-28(57-6)15-10-25)21-26-11-16-29(58-7)17-12-26)36-35(45)37-33-39(52-41(51-37)61-8)54-22-27-13-18-31(38(54)24(2)59-40(33)50-36)55(27)42(56)60-43(3,4)5/h9-12,14-17,19,24,27,31,38H,13,18,20-22H2,1-8H3/t24-,27+,31-,38+/m0/s1. The maximum absolute atomic E-state index is 17.5. The molecule has 17 heteroatoms. The van der Waals surface area contributed by atoms with E-state index in [-0.39, 0.29) is 58.6 Å². The van der Waals surface area contributed by atoms with Crippen LogP contribution in [0.15, 0.2) is 59.8 Å². The second kappa shape index (κ2) is 16.0. The molecule has 2 fully saturated rings. The number of pyridine rings is 2. The number of nitrogens with zero attached hydrogens (tertiary/aromatic N) is 7. The predicted molar refractivity (Wildman–Crippen MR) is 224 cm³/mol.